The highest BCUT2D eigenvalue weighted by atomic mass is 16.5. The fraction of sp³-hybridized carbons (Fsp3) is 0.250. The molecule has 1 N–H and O–H groups in total. The Labute approximate surface area is 143 Å². The summed E-state index contributed by atoms with van der Waals surface area (Å²) in [5, 5.41) is 3.50. The Morgan fingerprint density at radius 2 is 1.79 bits per heavy atom. The molecule has 1 heterocycles. The highest BCUT2D eigenvalue weighted by Gasteiger charge is 2.05. The number of benzene rings is 2. The Hall–Kier alpha value is -2.59. The lowest BCUT2D eigenvalue weighted by molar-refractivity contribution is 0.408. The van der Waals surface area contributed by atoms with Crippen LogP contribution in [0.4, 0.5) is 0 Å². The van der Waals surface area contributed by atoms with Gasteiger partial charge >= 0.3 is 0 Å². The van der Waals surface area contributed by atoms with Crippen molar-refractivity contribution in [1.82, 2.24) is 14.9 Å². The summed E-state index contributed by atoms with van der Waals surface area (Å²) in [6.07, 6.45) is 5.57. The van der Waals surface area contributed by atoms with E-state index in [9.17, 15) is 0 Å². The topological polar surface area (TPSA) is 39.1 Å². The zero-order chi connectivity index (χ0) is 16.8. The van der Waals surface area contributed by atoms with Crippen molar-refractivity contribution < 1.29 is 4.74 Å². The van der Waals surface area contributed by atoms with Crippen molar-refractivity contribution in [2.75, 3.05) is 7.11 Å². The van der Waals surface area contributed by atoms with Crippen molar-refractivity contribution in [2.24, 2.45) is 0 Å². The maximum Gasteiger partial charge on any atom is 0.123 e. The first-order chi connectivity index (χ1) is 11.7. The van der Waals surface area contributed by atoms with Crippen molar-refractivity contribution in [2.45, 2.75) is 26.6 Å². The lowest BCUT2D eigenvalue weighted by atomic mass is 10.1. The van der Waals surface area contributed by atoms with Crippen molar-refractivity contribution >= 4 is 0 Å². The van der Waals surface area contributed by atoms with Gasteiger partial charge in [0.25, 0.3) is 0 Å². The van der Waals surface area contributed by atoms with Crippen molar-refractivity contribution in [3.8, 4) is 5.75 Å². The van der Waals surface area contributed by atoms with E-state index in [0.717, 1.165) is 30.9 Å². The second-order valence-corrected chi connectivity index (χ2v) is 5.97. The van der Waals surface area contributed by atoms with Crippen LogP contribution in [0.3, 0.4) is 0 Å². The first-order valence-electron chi connectivity index (χ1n) is 8.12. The predicted octanol–water partition coefficient (Wildman–Crippen LogP) is 3.54. The molecule has 0 saturated heterocycles. The van der Waals surface area contributed by atoms with Crippen LogP contribution in [0.15, 0.2) is 61.2 Å². The quantitative estimate of drug-likeness (QED) is 0.723. The maximum atomic E-state index is 5.48. The number of hydrogen-bond acceptors (Lipinski definition) is 3. The Morgan fingerprint density at radius 1 is 1.04 bits per heavy atom. The minimum absolute atomic E-state index is 0.759. The summed E-state index contributed by atoms with van der Waals surface area (Å²) in [7, 11) is 1.71. The van der Waals surface area contributed by atoms with Gasteiger partial charge in [-0.3, -0.25) is 0 Å². The molecule has 0 atom stereocenters. The molecule has 0 bridgehead atoms. The van der Waals surface area contributed by atoms with Gasteiger partial charge in [0.2, 0.25) is 0 Å². The number of aromatic nitrogens is 2. The molecule has 24 heavy (non-hydrogen) atoms. The molecule has 0 saturated carbocycles. The normalized spacial score (nSPS) is 10.8. The summed E-state index contributed by atoms with van der Waals surface area (Å²) in [6, 6.07) is 15.0. The number of methoxy groups -OCH3 is 1. The Bertz CT molecular complexity index is 764. The van der Waals surface area contributed by atoms with Crippen LogP contribution in [0.5, 0.6) is 5.75 Å². The molecule has 0 aliphatic heterocycles. The summed E-state index contributed by atoms with van der Waals surface area (Å²) in [4.78, 5) is 4.10. The number of nitrogens with one attached hydrogen (secondary N) is 1. The van der Waals surface area contributed by atoms with Crippen LogP contribution >= 0.6 is 0 Å². The van der Waals surface area contributed by atoms with Crippen LogP contribution in [0.25, 0.3) is 0 Å². The van der Waals surface area contributed by atoms with Gasteiger partial charge in [0, 0.05) is 31.0 Å². The lowest BCUT2D eigenvalue weighted by Crippen LogP contribution is -2.13. The van der Waals surface area contributed by atoms with Gasteiger partial charge in [-0.25, -0.2) is 4.98 Å². The van der Waals surface area contributed by atoms with Gasteiger partial charge in [-0.15, -0.1) is 0 Å². The predicted molar refractivity (Wildman–Crippen MR) is 96.0 cm³/mol. The van der Waals surface area contributed by atoms with E-state index in [-0.39, 0.29) is 0 Å². The molecule has 4 heteroatoms. The average molecular weight is 321 g/mol. The SMILES string of the molecule is COc1ccc(CNCc2ccc(C)cc2)cc1Cn1ccnc1. The van der Waals surface area contributed by atoms with Gasteiger partial charge in [0.15, 0.2) is 0 Å². The molecule has 0 aliphatic carbocycles. The molecular formula is C20H23N3O. The summed E-state index contributed by atoms with van der Waals surface area (Å²) < 4.78 is 7.52. The maximum absolute atomic E-state index is 5.48. The molecular weight excluding hydrogens is 298 g/mol. The minimum atomic E-state index is 0.759. The van der Waals surface area contributed by atoms with Gasteiger partial charge in [-0.05, 0) is 30.2 Å². The standard InChI is InChI=1S/C20H23N3O/c1-16-3-5-17(6-4-16)12-22-13-18-7-8-20(24-2)19(11-18)14-23-10-9-21-15-23/h3-11,15,22H,12-14H2,1-2H3. The number of hydrogen-bond donors (Lipinski definition) is 1. The zero-order valence-electron chi connectivity index (χ0n) is 14.2. The number of ether oxygens (including phenoxy) is 1. The largest absolute Gasteiger partial charge is 0.496 e. The zero-order valence-corrected chi connectivity index (χ0v) is 14.2. The number of imidazole rings is 1. The van der Waals surface area contributed by atoms with E-state index in [2.05, 4.69) is 53.6 Å². The summed E-state index contributed by atoms with van der Waals surface area (Å²) >= 11 is 0. The molecule has 0 aliphatic rings. The van der Waals surface area contributed by atoms with Crippen LogP contribution in [0, 0.1) is 6.92 Å². The van der Waals surface area contributed by atoms with Crippen LogP contribution in [0.1, 0.15) is 22.3 Å². The van der Waals surface area contributed by atoms with Crippen molar-refractivity contribution in [3.63, 3.8) is 0 Å². The van der Waals surface area contributed by atoms with Gasteiger partial charge in [-0.2, -0.15) is 0 Å². The van der Waals surface area contributed by atoms with E-state index in [0.29, 0.717) is 0 Å². The van der Waals surface area contributed by atoms with E-state index in [1.807, 2.05) is 23.2 Å². The number of nitrogens with zero attached hydrogens (tertiary/aromatic N) is 2. The summed E-state index contributed by atoms with van der Waals surface area (Å²) in [6.45, 7) is 4.56. The first-order valence-corrected chi connectivity index (χ1v) is 8.12. The second kappa shape index (κ2) is 7.79. The third-order valence-corrected chi connectivity index (χ3v) is 4.04. The first kappa shape index (κ1) is 16.3. The van der Waals surface area contributed by atoms with Gasteiger partial charge in [-0.1, -0.05) is 35.9 Å². The molecule has 1 aromatic heterocycles. The van der Waals surface area contributed by atoms with Gasteiger partial charge in [0.05, 0.1) is 20.0 Å². The fourth-order valence-electron chi connectivity index (χ4n) is 2.70. The molecule has 2 aromatic carbocycles. The molecule has 124 valence electrons. The molecule has 0 fully saturated rings. The Morgan fingerprint density at radius 3 is 2.50 bits per heavy atom. The van der Waals surface area contributed by atoms with Crippen LogP contribution < -0.4 is 10.1 Å². The highest BCUT2D eigenvalue weighted by Crippen LogP contribution is 2.21. The smallest absolute Gasteiger partial charge is 0.123 e. The van der Waals surface area contributed by atoms with E-state index in [1.54, 1.807) is 13.3 Å². The third-order valence-electron chi connectivity index (χ3n) is 4.04. The Balaban J connectivity index is 1.64. The average Bonchev–Trinajstić information content (AvgIpc) is 3.10. The molecule has 0 spiro atoms. The van der Waals surface area contributed by atoms with E-state index in [1.165, 1.54) is 16.7 Å². The van der Waals surface area contributed by atoms with Crippen molar-refractivity contribution in [3.05, 3.63) is 83.4 Å². The minimum Gasteiger partial charge on any atom is -0.496 e. The molecule has 0 unspecified atom stereocenters. The summed E-state index contributed by atoms with van der Waals surface area (Å²) in [5.74, 6) is 0.908. The lowest BCUT2D eigenvalue weighted by Gasteiger charge is -2.12. The third kappa shape index (κ3) is 4.24. The van der Waals surface area contributed by atoms with Crippen LogP contribution in [0.2, 0.25) is 0 Å². The van der Waals surface area contributed by atoms with E-state index >= 15 is 0 Å². The van der Waals surface area contributed by atoms with Crippen molar-refractivity contribution in [1.29, 1.82) is 0 Å². The fourth-order valence-corrected chi connectivity index (χ4v) is 2.70. The highest BCUT2D eigenvalue weighted by molar-refractivity contribution is 5.37. The molecule has 3 rings (SSSR count). The number of aryl methyl sites for hydroxylation is 1. The van der Waals surface area contributed by atoms with E-state index < -0.39 is 0 Å². The van der Waals surface area contributed by atoms with Gasteiger partial charge < -0.3 is 14.6 Å². The van der Waals surface area contributed by atoms with E-state index in [4.69, 9.17) is 4.74 Å². The van der Waals surface area contributed by atoms with Crippen LogP contribution in [-0.4, -0.2) is 16.7 Å². The van der Waals surface area contributed by atoms with Crippen LogP contribution in [-0.2, 0) is 19.6 Å². The molecule has 3 aromatic rings. The molecule has 4 nitrogen and oxygen atoms in total. The van der Waals surface area contributed by atoms with Gasteiger partial charge in [0.1, 0.15) is 5.75 Å². The second-order valence-electron chi connectivity index (χ2n) is 5.97. The molecule has 0 amide bonds. The molecule has 0 radical (unpaired) electrons. The Kier molecular flexibility index (Phi) is 5.29. The summed E-state index contributed by atoms with van der Waals surface area (Å²) in [5.41, 5.74) is 4.99. The monoisotopic (exact) mass is 321 g/mol. The number of rotatable bonds is 7.